The summed E-state index contributed by atoms with van der Waals surface area (Å²) in [5.74, 6) is 1.39. The first-order valence-corrected chi connectivity index (χ1v) is 4.31. The van der Waals surface area contributed by atoms with E-state index >= 15 is 0 Å². The third-order valence-corrected chi connectivity index (χ3v) is 2.74. The van der Waals surface area contributed by atoms with E-state index in [-0.39, 0.29) is 6.10 Å². The highest BCUT2D eigenvalue weighted by Crippen LogP contribution is 2.10. The second kappa shape index (κ2) is 2.71. The Bertz CT molecular complexity index is 58.8. The summed E-state index contributed by atoms with van der Waals surface area (Å²) in [4.78, 5) is 0. The smallest absolute Gasteiger partial charge is 0.108 e. The first-order chi connectivity index (χ1) is 3.79. The summed E-state index contributed by atoms with van der Waals surface area (Å²) in [6, 6.07) is 0. The summed E-state index contributed by atoms with van der Waals surface area (Å²) in [7, 11) is 0. The number of hydrogen-bond acceptors (Lipinski definition) is 2. The summed E-state index contributed by atoms with van der Waals surface area (Å²) < 4.78 is 10.6. The van der Waals surface area contributed by atoms with Gasteiger partial charge in [-0.1, -0.05) is 11.2 Å². The molecule has 0 aliphatic carbocycles. The Morgan fingerprint density at radius 1 is 1.38 bits per heavy atom. The molecule has 1 fully saturated rings. The van der Waals surface area contributed by atoms with Gasteiger partial charge < -0.3 is 9.66 Å². The molecule has 1 heterocycles. The van der Waals surface area contributed by atoms with Crippen molar-refractivity contribution in [3.8, 4) is 0 Å². The van der Waals surface area contributed by atoms with Crippen LogP contribution in [0.3, 0.4) is 0 Å². The van der Waals surface area contributed by atoms with Crippen LogP contribution in [0.15, 0.2) is 0 Å². The third-order valence-electron chi connectivity index (χ3n) is 1.36. The lowest BCUT2D eigenvalue weighted by Gasteiger charge is -2.19. The van der Waals surface area contributed by atoms with Crippen molar-refractivity contribution < 1.29 is 9.66 Å². The Kier molecular flexibility index (Phi) is 2.16. The topological polar surface area (TPSA) is 43.3 Å². The molecule has 0 saturated carbocycles. The van der Waals surface area contributed by atoms with E-state index in [1.807, 2.05) is 0 Å². The Morgan fingerprint density at radius 3 is 2.25 bits per heavy atom. The zero-order valence-corrected chi connectivity index (χ0v) is 5.49. The highest BCUT2D eigenvalue weighted by molar-refractivity contribution is 7.91. The van der Waals surface area contributed by atoms with Crippen LogP contribution in [-0.2, 0) is 11.2 Å². The van der Waals surface area contributed by atoms with Gasteiger partial charge in [-0.25, -0.2) is 0 Å². The fourth-order valence-corrected chi connectivity index (χ4v) is 2.06. The largest absolute Gasteiger partial charge is 0.616 e. The van der Waals surface area contributed by atoms with Crippen molar-refractivity contribution in [2.24, 2.45) is 0 Å². The first-order valence-electron chi connectivity index (χ1n) is 2.82. The van der Waals surface area contributed by atoms with Gasteiger partial charge in [-0.15, -0.1) is 0 Å². The van der Waals surface area contributed by atoms with Crippen LogP contribution in [-0.4, -0.2) is 27.3 Å². The van der Waals surface area contributed by atoms with Crippen molar-refractivity contribution in [3.63, 3.8) is 0 Å². The molecule has 0 spiro atoms. The molecule has 1 aliphatic rings. The third kappa shape index (κ3) is 1.65. The van der Waals surface area contributed by atoms with Crippen LogP contribution in [0.2, 0.25) is 0 Å². The fourth-order valence-electron chi connectivity index (χ4n) is 0.781. The predicted octanol–water partition coefficient (Wildman–Crippen LogP) is -0.110. The van der Waals surface area contributed by atoms with Crippen LogP contribution < -0.4 is 0 Å². The molecule has 0 bridgehead atoms. The van der Waals surface area contributed by atoms with Crippen LogP contribution in [0.25, 0.3) is 0 Å². The predicted molar refractivity (Wildman–Crippen MR) is 33.1 cm³/mol. The highest BCUT2D eigenvalue weighted by atomic mass is 32.2. The van der Waals surface area contributed by atoms with E-state index in [1.54, 1.807) is 0 Å². The molecule has 1 N–H and O–H groups in total. The average Bonchev–Trinajstić information content (AvgIpc) is 1.77. The lowest BCUT2D eigenvalue weighted by molar-refractivity contribution is 0.163. The van der Waals surface area contributed by atoms with Gasteiger partial charge in [-0.3, -0.25) is 0 Å². The van der Waals surface area contributed by atoms with Crippen LogP contribution >= 0.6 is 0 Å². The van der Waals surface area contributed by atoms with Crippen LogP contribution in [0, 0.1) is 0 Å². The van der Waals surface area contributed by atoms with Crippen LogP contribution in [0.4, 0.5) is 0 Å². The van der Waals surface area contributed by atoms with Crippen LogP contribution in [0.1, 0.15) is 12.8 Å². The van der Waals surface area contributed by atoms with Gasteiger partial charge in [-0.05, 0) is 0 Å². The van der Waals surface area contributed by atoms with E-state index in [0.717, 1.165) is 12.8 Å². The van der Waals surface area contributed by atoms with E-state index in [0.29, 0.717) is 11.5 Å². The van der Waals surface area contributed by atoms with Gasteiger partial charge in [0.1, 0.15) is 11.5 Å². The van der Waals surface area contributed by atoms with E-state index in [9.17, 15) is 4.55 Å². The summed E-state index contributed by atoms with van der Waals surface area (Å²) >= 11 is -0.621. The van der Waals surface area contributed by atoms with Crippen molar-refractivity contribution in [3.05, 3.63) is 0 Å². The lowest BCUT2D eigenvalue weighted by atomic mass is 10.2. The summed E-state index contributed by atoms with van der Waals surface area (Å²) in [6.07, 6.45) is 1.28. The SMILES string of the molecule is [O-][S+]1CCC(O)CC1. The Labute approximate surface area is 52.1 Å². The Hall–Kier alpha value is 0.270. The summed E-state index contributed by atoms with van der Waals surface area (Å²) in [5.41, 5.74) is 0. The van der Waals surface area contributed by atoms with E-state index in [4.69, 9.17) is 5.11 Å². The second-order valence-corrected chi connectivity index (χ2v) is 3.78. The maximum atomic E-state index is 10.6. The molecule has 2 nitrogen and oxygen atoms in total. The molecule has 0 aromatic rings. The molecule has 0 unspecified atom stereocenters. The van der Waals surface area contributed by atoms with E-state index < -0.39 is 11.2 Å². The minimum absolute atomic E-state index is 0.173. The molecule has 8 heavy (non-hydrogen) atoms. The molecular formula is C5H10O2S. The molecule has 0 aromatic carbocycles. The minimum Gasteiger partial charge on any atom is -0.616 e. The quantitative estimate of drug-likeness (QED) is 0.470. The Balaban J connectivity index is 2.19. The fraction of sp³-hybridized carbons (Fsp3) is 1.00. The molecule has 1 aliphatic heterocycles. The first kappa shape index (κ1) is 6.39. The molecule has 3 heteroatoms. The number of hydrogen-bond donors (Lipinski definition) is 1. The van der Waals surface area contributed by atoms with Gasteiger partial charge in [0.2, 0.25) is 0 Å². The number of rotatable bonds is 0. The number of aliphatic hydroxyl groups is 1. The zero-order valence-electron chi connectivity index (χ0n) is 4.67. The van der Waals surface area contributed by atoms with Crippen molar-refractivity contribution >= 4 is 11.2 Å². The lowest BCUT2D eigenvalue weighted by Crippen LogP contribution is -2.26. The van der Waals surface area contributed by atoms with Crippen molar-refractivity contribution in [2.45, 2.75) is 18.9 Å². The van der Waals surface area contributed by atoms with Gasteiger partial charge in [0.05, 0.1) is 6.10 Å². The summed E-state index contributed by atoms with van der Waals surface area (Å²) in [5, 5.41) is 8.89. The minimum atomic E-state index is -0.621. The van der Waals surface area contributed by atoms with E-state index in [1.165, 1.54) is 0 Å². The van der Waals surface area contributed by atoms with Crippen molar-refractivity contribution in [1.29, 1.82) is 0 Å². The average molecular weight is 134 g/mol. The van der Waals surface area contributed by atoms with Crippen molar-refractivity contribution in [1.82, 2.24) is 0 Å². The van der Waals surface area contributed by atoms with Crippen molar-refractivity contribution in [2.75, 3.05) is 11.5 Å². The maximum absolute atomic E-state index is 10.6. The molecule has 0 atom stereocenters. The molecular weight excluding hydrogens is 124 g/mol. The maximum Gasteiger partial charge on any atom is 0.108 e. The van der Waals surface area contributed by atoms with Gasteiger partial charge >= 0.3 is 0 Å². The summed E-state index contributed by atoms with van der Waals surface area (Å²) in [6.45, 7) is 0. The normalized spacial score (nSPS) is 39.8. The molecule has 48 valence electrons. The Morgan fingerprint density at radius 2 is 1.88 bits per heavy atom. The zero-order chi connectivity index (χ0) is 5.98. The van der Waals surface area contributed by atoms with Gasteiger partial charge in [0.15, 0.2) is 0 Å². The monoisotopic (exact) mass is 134 g/mol. The van der Waals surface area contributed by atoms with Gasteiger partial charge in [0, 0.05) is 12.8 Å². The molecule has 0 amide bonds. The second-order valence-electron chi connectivity index (χ2n) is 2.08. The van der Waals surface area contributed by atoms with Crippen LogP contribution in [0.5, 0.6) is 0 Å². The molecule has 1 rings (SSSR count). The molecule has 1 saturated heterocycles. The van der Waals surface area contributed by atoms with Gasteiger partial charge in [0.25, 0.3) is 0 Å². The standard InChI is InChI=1S/C5H10O2S/c6-5-1-3-8(7)4-2-5/h5-6H,1-4H2. The highest BCUT2D eigenvalue weighted by Gasteiger charge is 2.18. The number of aliphatic hydroxyl groups excluding tert-OH is 1. The van der Waals surface area contributed by atoms with E-state index in [2.05, 4.69) is 0 Å². The van der Waals surface area contributed by atoms with Gasteiger partial charge in [-0.2, -0.15) is 0 Å². The molecule has 0 radical (unpaired) electrons. The molecule has 0 aromatic heterocycles.